The second-order valence-electron chi connectivity index (χ2n) is 5.82. The van der Waals surface area contributed by atoms with Crippen LogP contribution >= 0.6 is 11.3 Å². The molecule has 0 saturated heterocycles. The minimum Gasteiger partial charge on any atom is -0.494 e. The summed E-state index contributed by atoms with van der Waals surface area (Å²) < 4.78 is 10.5. The molecular weight excluding hydrogens is 374 g/mol. The van der Waals surface area contributed by atoms with Crippen molar-refractivity contribution in [3.63, 3.8) is 0 Å². The van der Waals surface area contributed by atoms with Gasteiger partial charge in [-0.15, -0.1) is 11.3 Å². The SMILES string of the molecule is CCOc1ccc(-c2nc(/C=C/C(=O)c3ccccc3OC(C)=O)cs2)cc1. The first kappa shape index (κ1) is 19.5. The maximum Gasteiger partial charge on any atom is 0.308 e. The Balaban J connectivity index is 1.73. The highest BCUT2D eigenvalue weighted by Crippen LogP contribution is 2.26. The zero-order chi connectivity index (χ0) is 19.9. The molecule has 6 heteroatoms. The molecule has 0 aliphatic rings. The zero-order valence-corrected chi connectivity index (χ0v) is 16.4. The van der Waals surface area contributed by atoms with Crippen molar-refractivity contribution in [2.24, 2.45) is 0 Å². The first-order valence-electron chi connectivity index (χ1n) is 8.75. The van der Waals surface area contributed by atoms with Gasteiger partial charge in [-0.1, -0.05) is 12.1 Å². The number of para-hydroxylation sites is 1. The highest BCUT2D eigenvalue weighted by molar-refractivity contribution is 7.13. The molecule has 0 saturated carbocycles. The average molecular weight is 393 g/mol. The number of nitrogens with zero attached hydrogens (tertiary/aromatic N) is 1. The fourth-order valence-corrected chi connectivity index (χ4v) is 3.31. The third-order valence-electron chi connectivity index (χ3n) is 3.75. The Hall–Kier alpha value is -3.25. The molecule has 5 nitrogen and oxygen atoms in total. The number of carbonyl (C=O) groups is 2. The molecule has 0 bridgehead atoms. The maximum absolute atomic E-state index is 12.5. The summed E-state index contributed by atoms with van der Waals surface area (Å²) in [5.41, 5.74) is 2.00. The number of hydrogen-bond donors (Lipinski definition) is 0. The van der Waals surface area contributed by atoms with E-state index in [2.05, 4.69) is 4.98 Å². The third-order valence-corrected chi connectivity index (χ3v) is 4.66. The summed E-state index contributed by atoms with van der Waals surface area (Å²) in [6.45, 7) is 3.87. The normalized spacial score (nSPS) is 10.8. The van der Waals surface area contributed by atoms with Crippen LogP contribution in [0.3, 0.4) is 0 Å². The Morgan fingerprint density at radius 3 is 2.57 bits per heavy atom. The van der Waals surface area contributed by atoms with Crippen molar-refractivity contribution in [3.05, 3.63) is 71.2 Å². The molecule has 0 radical (unpaired) electrons. The van der Waals surface area contributed by atoms with Gasteiger partial charge in [0, 0.05) is 17.9 Å². The highest BCUT2D eigenvalue weighted by Gasteiger charge is 2.11. The van der Waals surface area contributed by atoms with E-state index < -0.39 is 5.97 Å². The van der Waals surface area contributed by atoms with Crippen LogP contribution in [0.15, 0.2) is 60.0 Å². The number of hydrogen-bond acceptors (Lipinski definition) is 6. The second kappa shape index (κ2) is 9.10. The van der Waals surface area contributed by atoms with E-state index in [1.54, 1.807) is 30.3 Å². The number of ketones is 1. The zero-order valence-electron chi connectivity index (χ0n) is 15.5. The Morgan fingerprint density at radius 1 is 1.11 bits per heavy atom. The second-order valence-corrected chi connectivity index (χ2v) is 6.68. The molecule has 0 amide bonds. The average Bonchev–Trinajstić information content (AvgIpc) is 3.16. The molecule has 0 aliphatic carbocycles. The van der Waals surface area contributed by atoms with Crippen LogP contribution in [0.5, 0.6) is 11.5 Å². The van der Waals surface area contributed by atoms with Gasteiger partial charge >= 0.3 is 5.97 Å². The minimum atomic E-state index is -0.469. The molecule has 2 aromatic carbocycles. The van der Waals surface area contributed by atoms with Crippen molar-refractivity contribution < 1.29 is 19.1 Å². The number of benzene rings is 2. The van der Waals surface area contributed by atoms with Crippen LogP contribution in [0.2, 0.25) is 0 Å². The van der Waals surface area contributed by atoms with Gasteiger partial charge in [0.2, 0.25) is 0 Å². The number of thiazole rings is 1. The fraction of sp³-hybridized carbons (Fsp3) is 0.136. The van der Waals surface area contributed by atoms with Crippen LogP contribution in [0.4, 0.5) is 0 Å². The molecule has 0 atom stereocenters. The number of ether oxygens (including phenoxy) is 2. The monoisotopic (exact) mass is 393 g/mol. The van der Waals surface area contributed by atoms with Crippen LogP contribution in [-0.2, 0) is 4.79 Å². The molecule has 0 unspecified atom stereocenters. The van der Waals surface area contributed by atoms with Crippen LogP contribution in [-0.4, -0.2) is 23.3 Å². The number of esters is 1. The fourth-order valence-electron chi connectivity index (χ4n) is 2.52. The number of carbonyl (C=O) groups excluding carboxylic acids is 2. The maximum atomic E-state index is 12.5. The Morgan fingerprint density at radius 2 is 1.86 bits per heavy atom. The van der Waals surface area contributed by atoms with Gasteiger partial charge in [-0.2, -0.15) is 0 Å². The van der Waals surface area contributed by atoms with Crippen molar-refractivity contribution in [1.82, 2.24) is 4.98 Å². The van der Waals surface area contributed by atoms with E-state index in [1.807, 2.05) is 36.6 Å². The summed E-state index contributed by atoms with van der Waals surface area (Å²) in [4.78, 5) is 28.2. The lowest BCUT2D eigenvalue weighted by Gasteiger charge is -2.05. The van der Waals surface area contributed by atoms with Gasteiger partial charge in [0.15, 0.2) is 5.78 Å². The lowest BCUT2D eigenvalue weighted by molar-refractivity contribution is -0.131. The van der Waals surface area contributed by atoms with Crippen molar-refractivity contribution in [2.75, 3.05) is 6.61 Å². The lowest BCUT2D eigenvalue weighted by atomic mass is 10.1. The van der Waals surface area contributed by atoms with Gasteiger partial charge in [-0.05, 0) is 55.5 Å². The van der Waals surface area contributed by atoms with E-state index in [9.17, 15) is 9.59 Å². The van der Waals surface area contributed by atoms with E-state index in [0.717, 1.165) is 16.3 Å². The quantitative estimate of drug-likeness (QED) is 0.244. The smallest absolute Gasteiger partial charge is 0.308 e. The van der Waals surface area contributed by atoms with Crippen molar-refractivity contribution in [2.45, 2.75) is 13.8 Å². The number of allylic oxidation sites excluding steroid dienone is 1. The summed E-state index contributed by atoms with van der Waals surface area (Å²) in [6.07, 6.45) is 3.08. The summed E-state index contributed by atoms with van der Waals surface area (Å²) in [7, 11) is 0. The molecule has 28 heavy (non-hydrogen) atoms. The molecule has 142 valence electrons. The van der Waals surface area contributed by atoms with Crippen LogP contribution < -0.4 is 9.47 Å². The molecule has 0 N–H and O–H groups in total. The molecular formula is C22H19NO4S. The van der Waals surface area contributed by atoms with Gasteiger partial charge in [0.25, 0.3) is 0 Å². The van der Waals surface area contributed by atoms with Gasteiger partial charge in [0.05, 0.1) is 17.9 Å². The molecule has 0 aliphatic heterocycles. The Bertz CT molecular complexity index is 1010. The van der Waals surface area contributed by atoms with E-state index in [-0.39, 0.29) is 11.5 Å². The van der Waals surface area contributed by atoms with Crippen LogP contribution in [0.25, 0.3) is 16.6 Å². The van der Waals surface area contributed by atoms with Gasteiger partial charge in [0.1, 0.15) is 16.5 Å². The largest absolute Gasteiger partial charge is 0.494 e. The van der Waals surface area contributed by atoms with Crippen molar-refractivity contribution in [3.8, 4) is 22.1 Å². The first-order valence-corrected chi connectivity index (χ1v) is 9.63. The molecule has 1 heterocycles. The number of rotatable bonds is 7. The van der Waals surface area contributed by atoms with Crippen LogP contribution in [0.1, 0.15) is 29.9 Å². The molecule has 3 aromatic rings. The molecule has 1 aromatic heterocycles. The Kier molecular flexibility index (Phi) is 6.34. The third kappa shape index (κ3) is 4.92. The van der Waals surface area contributed by atoms with E-state index >= 15 is 0 Å². The molecule has 0 spiro atoms. The van der Waals surface area contributed by atoms with E-state index in [1.165, 1.54) is 24.3 Å². The summed E-state index contributed by atoms with van der Waals surface area (Å²) in [5, 5.41) is 2.74. The highest BCUT2D eigenvalue weighted by atomic mass is 32.1. The van der Waals surface area contributed by atoms with Crippen LogP contribution in [0, 0.1) is 0 Å². The van der Waals surface area contributed by atoms with Gasteiger partial charge in [-0.3, -0.25) is 9.59 Å². The van der Waals surface area contributed by atoms with Gasteiger partial charge in [-0.25, -0.2) is 4.98 Å². The standard InChI is InChI=1S/C22H19NO4S/c1-3-26-18-11-8-16(9-12-18)22-23-17(14-28-22)10-13-20(25)19-6-4-5-7-21(19)27-15(2)24/h4-14H,3H2,1-2H3/b13-10+. The number of aromatic nitrogens is 1. The van der Waals surface area contributed by atoms with E-state index in [0.29, 0.717) is 17.9 Å². The Labute approximate surface area is 167 Å². The minimum absolute atomic E-state index is 0.248. The van der Waals surface area contributed by atoms with Crippen molar-refractivity contribution >= 4 is 29.2 Å². The predicted molar refractivity (Wildman–Crippen MR) is 110 cm³/mol. The van der Waals surface area contributed by atoms with Gasteiger partial charge < -0.3 is 9.47 Å². The predicted octanol–water partition coefficient (Wildman–Crippen LogP) is 5.03. The van der Waals surface area contributed by atoms with E-state index in [4.69, 9.17) is 9.47 Å². The first-order chi connectivity index (χ1) is 13.6. The molecule has 3 rings (SSSR count). The summed E-state index contributed by atoms with van der Waals surface area (Å²) >= 11 is 1.50. The summed E-state index contributed by atoms with van der Waals surface area (Å²) in [6, 6.07) is 14.4. The lowest BCUT2D eigenvalue weighted by Crippen LogP contribution is -2.06. The topological polar surface area (TPSA) is 65.5 Å². The molecule has 0 fully saturated rings. The van der Waals surface area contributed by atoms with Crippen molar-refractivity contribution in [1.29, 1.82) is 0 Å². The summed E-state index contributed by atoms with van der Waals surface area (Å²) in [5.74, 6) is 0.342.